The summed E-state index contributed by atoms with van der Waals surface area (Å²) in [4.78, 5) is 21.8. The first-order chi connectivity index (χ1) is 13.1. The Hall–Kier alpha value is -2.52. The molecule has 140 valence electrons. The number of rotatable bonds is 4. The molecule has 1 atom stereocenters. The molecule has 6 nitrogen and oxygen atoms in total. The maximum atomic E-state index is 14.0. The maximum absolute atomic E-state index is 14.0. The van der Waals surface area contributed by atoms with Crippen LogP contribution in [0.2, 0.25) is 0 Å². The highest BCUT2D eigenvalue weighted by atomic mass is 32.2. The van der Waals surface area contributed by atoms with E-state index in [9.17, 15) is 13.6 Å². The lowest BCUT2D eigenvalue weighted by atomic mass is 10.2. The van der Waals surface area contributed by atoms with E-state index in [2.05, 4.69) is 9.97 Å². The van der Waals surface area contributed by atoms with Gasteiger partial charge in [-0.2, -0.15) is 0 Å². The third-order valence-corrected chi connectivity index (χ3v) is 4.85. The van der Waals surface area contributed by atoms with Crippen molar-refractivity contribution in [2.24, 2.45) is 0 Å². The topological polar surface area (TPSA) is 66.2 Å². The van der Waals surface area contributed by atoms with E-state index in [4.69, 9.17) is 9.47 Å². The average Bonchev–Trinajstić information content (AvgIpc) is 3.18. The molecule has 1 saturated heterocycles. The van der Waals surface area contributed by atoms with Gasteiger partial charge < -0.3 is 9.47 Å². The van der Waals surface area contributed by atoms with Crippen LogP contribution in [0.15, 0.2) is 40.4 Å². The van der Waals surface area contributed by atoms with Gasteiger partial charge in [-0.15, -0.1) is 0 Å². The maximum Gasteiger partial charge on any atom is 0.295 e. The van der Waals surface area contributed by atoms with E-state index in [1.54, 1.807) is 6.20 Å². The van der Waals surface area contributed by atoms with E-state index in [1.807, 2.05) is 6.26 Å². The second-order valence-electron chi connectivity index (χ2n) is 6.01. The molecule has 0 N–H and O–H groups in total. The first-order valence-corrected chi connectivity index (χ1v) is 9.46. The summed E-state index contributed by atoms with van der Waals surface area (Å²) in [6, 6.07) is 4.18. The molecule has 1 aliphatic rings. The number of hydrogen-bond donors (Lipinski definition) is 0. The zero-order valence-corrected chi connectivity index (χ0v) is 15.1. The standard InChI is InChI=1S/C18H15F2N3O3S/c1-27-18-21-8-10-6-15(26-14-3-2-11(19)7-13(14)20)17(24)23(16(10)22-18)12-4-5-25-9-12/h2-3,6-8,12H,4-5,9H2,1H3. The Balaban J connectivity index is 1.88. The van der Waals surface area contributed by atoms with Gasteiger partial charge in [0.25, 0.3) is 5.56 Å². The normalized spacial score (nSPS) is 16.8. The van der Waals surface area contributed by atoms with Crippen LogP contribution in [0.1, 0.15) is 12.5 Å². The lowest BCUT2D eigenvalue weighted by Gasteiger charge is -2.17. The van der Waals surface area contributed by atoms with Crippen molar-refractivity contribution in [3.8, 4) is 11.5 Å². The van der Waals surface area contributed by atoms with Crippen molar-refractivity contribution in [1.29, 1.82) is 0 Å². The van der Waals surface area contributed by atoms with Crippen LogP contribution < -0.4 is 10.3 Å². The zero-order valence-electron chi connectivity index (χ0n) is 14.3. The lowest BCUT2D eigenvalue weighted by molar-refractivity contribution is 0.186. The summed E-state index contributed by atoms with van der Waals surface area (Å²) < 4.78 is 39.5. The molecule has 9 heteroatoms. The largest absolute Gasteiger partial charge is 0.448 e. The molecule has 4 rings (SSSR count). The quantitative estimate of drug-likeness (QED) is 0.501. The second kappa shape index (κ2) is 7.24. The van der Waals surface area contributed by atoms with E-state index in [1.165, 1.54) is 22.4 Å². The van der Waals surface area contributed by atoms with Gasteiger partial charge in [0, 0.05) is 24.3 Å². The Kier molecular flexibility index (Phi) is 4.79. The molecule has 1 fully saturated rings. The number of pyridine rings is 1. The molecule has 1 aliphatic heterocycles. The monoisotopic (exact) mass is 391 g/mol. The van der Waals surface area contributed by atoms with Gasteiger partial charge in [-0.1, -0.05) is 11.8 Å². The molecule has 0 spiro atoms. The molecule has 0 aliphatic carbocycles. The van der Waals surface area contributed by atoms with Crippen LogP contribution in [0.4, 0.5) is 8.78 Å². The minimum absolute atomic E-state index is 0.0830. The highest BCUT2D eigenvalue weighted by molar-refractivity contribution is 7.98. The van der Waals surface area contributed by atoms with Crippen LogP contribution in [-0.2, 0) is 4.74 Å². The fraction of sp³-hybridized carbons (Fsp3) is 0.278. The number of nitrogens with zero attached hydrogens (tertiary/aromatic N) is 3. The fourth-order valence-corrected chi connectivity index (χ4v) is 3.33. The molecule has 27 heavy (non-hydrogen) atoms. The minimum atomic E-state index is -0.890. The minimum Gasteiger partial charge on any atom is -0.448 e. The third kappa shape index (κ3) is 3.40. The van der Waals surface area contributed by atoms with Crippen molar-refractivity contribution < 1.29 is 18.3 Å². The molecule has 0 bridgehead atoms. The summed E-state index contributed by atoms with van der Waals surface area (Å²) in [5, 5.41) is 1.12. The smallest absolute Gasteiger partial charge is 0.295 e. The Morgan fingerprint density at radius 2 is 2.15 bits per heavy atom. The summed E-state index contributed by atoms with van der Waals surface area (Å²) >= 11 is 1.37. The SMILES string of the molecule is CSc1ncc2cc(Oc3ccc(F)cc3F)c(=O)n(C3CCOC3)c2n1. The summed E-state index contributed by atoms with van der Waals surface area (Å²) in [6.07, 6.45) is 4.09. The van der Waals surface area contributed by atoms with Crippen molar-refractivity contribution in [2.45, 2.75) is 17.6 Å². The molecule has 2 aromatic heterocycles. The molecular formula is C18H15F2N3O3S. The van der Waals surface area contributed by atoms with Crippen molar-refractivity contribution in [3.05, 3.63) is 52.5 Å². The molecule has 3 heterocycles. The van der Waals surface area contributed by atoms with E-state index in [0.717, 1.165) is 12.1 Å². The third-order valence-electron chi connectivity index (χ3n) is 4.29. The molecule has 1 unspecified atom stereocenters. The fourth-order valence-electron chi connectivity index (χ4n) is 2.99. The molecule has 0 saturated carbocycles. The van der Waals surface area contributed by atoms with Crippen LogP contribution in [0, 0.1) is 11.6 Å². The average molecular weight is 391 g/mol. The van der Waals surface area contributed by atoms with Gasteiger partial charge in [-0.3, -0.25) is 9.36 Å². The van der Waals surface area contributed by atoms with E-state index < -0.39 is 17.2 Å². The molecule has 0 amide bonds. The Bertz CT molecular complexity index is 1070. The summed E-state index contributed by atoms with van der Waals surface area (Å²) in [5.74, 6) is -1.93. The number of thioether (sulfide) groups is 1. The van der Waals surface area contributed by atoms with Crippen LogP contribution >= 0.6 is 11.8 Å². The van der Waals surface area contributed by atoms with Crippen molar-refractivity contribution in [1.82, 2.24) is 14.5 Å². The van der Waals surface area contributed by atoms with Gasteiger partial charge in [-0.05, 0) is 30.9 Å². The lowest BCUT2D eigenvalue weighted by Crippen LogP contribution is -2.27. The highest BCUT2D eigenvalue weighted by Gasteiger charge is 2.24. The Morgan fingerprint density at radius 3 is 2.85 bits per heavy atom. The van der Waals surface area contributed by atoms with Gasteiger partial charge in [0.15, 0.2) is 22.5 Å². The molecule has 1 aromatic carbocycles. The molecule has 0 radical (unpaired) electrons. The van der Waals surface area contributed by atoms with E-state index in [-0.39, 0.29) is 17.5 Å². The predicted octanol–water partition coefficient (Wildman–Crippen LogP) is 3.55. The molecular weight excluding hydrogens is 376 g/mol. The van der Waals surface area contributed by atoms with Crippen molar-refractivity contribution in [3.63, 3.8) is 0 Å². The van der Waals surface area contributed by atoms with Gasteiger partial charge in [0.05, 0.1) is 12.6 Å². The van der Waals surface area contributed by atoms with Crippen LogP contribution in [0.25, 0.3) is 11.0 Å². The first-order valence-electron chi connectivity index (χ1n) is 8.24. The number of aromatic nitrogens is 3. The Morgan fingerprint density at radius 1 is 1.30 bits per heavy atom. The second-order valence-corrected chi connectivity index (χ2v) is 6.79. The summed E-state index contributed by atoms with van der Waals surface area (Å²) in [7, 11) is 0. The summed E-state index contributed by atoms with van der Waals surface area (Å²) in [6.45, 7) is 0.915. The van der Waals surface area contributed by atoms with Crippen molar-refractivity contribution >= 4 is 22.8 Å². The first kappa shape index (κ1) is 17.9. The van der Waals surface area contributed by atoms with E-state index in [0.29, 0.717) is 41.9 Å². The van der Waals surface area contributed by atoms with Crippen LogP contribution in [0.5, 0.6) is 11.5 Å². The number of halogens is 2. The summed E-state index contributed by atoms with van der Waals surface area (Å²) in [5.41, 5.74) is 0.0225. The number of ether oxygens (including phenoxy) is 2. The number of fused-ring (bicyclic) bond motifs is 1. The van der Waals surface area contributed by atoms with Gasteiger partial charge in [-0.25, -0.2) is 18.7 Å². The van der Waals surface area contributed by atoms with Crippen LogP contribution in [0.3, 0.4) is 0 Å². The van der Waals surface area contributed by atoms with Gasteiger partial charge in [0.2, 0.25) is 0 Å². The molecule has 3 aromatic rings. The predicted molar refractivity (Wildman–Crippen MR) is 96.5 cm³/mol. The van der Waals surface area contributed by atoms with Crippen molar-refractivity contribution in [2.75, 3.05) is 19.5 Å². The zero-order chi connectivity index (χ0) is 19.0. The van der Waals surface area contributed by atoms with Crippen LogP contribution in [-0.4, -0.2) is 34.0 Å². The highest BCUT2D eigenvalue weighted by Crippen LogP contribution is 2.28. The van der Waals surface area contributed by atoms with Gasteiger partial charge in [0.1, 0.15) is 11.5 Å². The van der Waals surface area contributed by atoms with Gasteiger partial charge >= 0.3 is 0 Å². The Labute approximate surface area is 157 Å². The number of benzene rings is 1. The number of hydrogen-bond acceptors (Lipinski definition) is 6. The van der Waals surface area contributed by atoms with E-state index >= 15 is 0 Å².